The van der Waals surface area contributed by atoms with Crippen LogP contribution in [-0.4, -0.2) is 23.4 Å². The second kappa shape index (κ2) is 4.55. The number of nitrogens with zero attached hydrogens (tertiary/aromatic N) is 2. The predicted molar refractivity (Wildman–Crippen MR) is 68.1 cm³/mol. The first-order valence-electron chi connectivity index (χ1n) is 6.13. The maximum atomic E-state index is 5.71. The molecule has 0 saturated heterocycles. The molecular formula is C13H15N3O3. The molecule has 0 spiro atoms. The van der Waals surface area contributed by atoms with Crippen molar-refractivity contribution >= 4 is 0 Å². The number of ether oxygens (including phenoxy) is 2. The number of hydrogen-bond acceptors (Lipinski definition) is 6. The van der Waals surface area contributed by atoms with Crippen molar-refractivity contribution in [3.05, 3.63) is 23.1 Å². The molecule has 0 atom stereocenters. The van der Waals surface area contributed by atoms with Gasteiger partial charge in [0.1, 0.15) is 13.2 Å². The van der Waals surface area contributed by atoms with Crippen molar-refractivity contribution in [3.63, 3.8) is 0 Å². The van der Waals surface area contributed by atoms with Crippen LogP contribution in [0.4, 0.5) is 0 Å². The third kappa shape index (κ3) is 1.94. The van der Waals surface area contributed by atoms with Crippen LogP contribution in [0.5, 0.6) is 11.5 Å². The summed E-state index contributed by atoms with van der Waals surface area (Å²) in [6, 6.07) is 1.97. The first kappa shape index (κ1) is 12.0. The van der Waals surface area contributed by atoms with E-state index in [4.69, 9.17) is 19.7 Å². The topological polar surface area (TPSA) is 83.4 Å². The van der Waals surface area contributed by atoms with Crippen LogP contribution >= 0.6 is 0 Å². The van der Waals surface area contributed by atoms with Crippen LogP contribution in [0.3, 0.4) is 0 Å². The van der Waals surface area contributed by atoms with Crippen LogP contribution < -0.4 is 15.2 Å². The fourth-order valence-corrected chi connectivity index (χ4v) is 2.12. The maximum Gasteiger partial charge on any atom is 0.240 e. The van der Waals surface area contributed by atoms with E-state index in [0.29, 0.717) is 30.7 Å². The highest BCUT2D eigenvalue weighted by Crippen LogP contribution is 2.42. The lowest BCUT2D eigenvalue weighted by atomic mass is 10.0. The Morgan fingerprint density at radius 2 is 2.05 bits per heavy atom. The third-order valence-corrected chi connectivity index (χ3v) is 3.22. The van der Waals surface area contributed by atoms with Gasteiger partial charge in [-0.3, -0.25) is 0 Å². The molecule has 0 bridgehead atoms. The van der Waals surface area contributed by atoms with E-state index in [0.717, 1.165) is 22.4 Å². The van der Waals surface area contributed by atoms with Crippen LogP contribution in [0.2, 0.25) is 0 Å². The Hall–Kier alpha value is -2.08. The Morgan fingerprint density at radius 3 is 2.79 bits per heavy atom. The average molecular weight is 261 g/mol. The molecule has 2 aromatic rings. The molecule has 1 aromatic heterocycles. The van der Waals surface area contributed by atoms with Crippen molar-refractivity contribution in [2.75, 3.05) is 13.2 Å². The zero-order valence-corrected chi connectivity index (χ0v) is 10.9. The van der Waals surface area contributed by atoms with Crippen molar-refractivity contribution in [2.24, 2.45) is 5.73 Å². The lowest BCUT2D eigenvalue weighted by Gasteiger charge is -2.22. The van der Waals surface area contributed by atoms with Gasteiger partial charge in [0, 0.05) is 0 Å². The van der Waals surface area contributed by atoms with Gasteiger partial charge in [-0.2, -0.15) is 4.98 Å². The van der Waals surface area contributed by atoms with Gasteiger partial charge in [-0.05, 0) is 31.0 Å². The molecule has 0 fully saturated rings. The summed E-state index contributed by atoms with van der Waals surface area (Å²) in [5.74, 6) is 2.30. The normalized spacial score (nSPS) is 13.6. The van der Waals surface area contributed by atoms with Gasteiger partial charge in [0.15, 0.2) is 11.5 Å². The van der Waals surface area contributed by atoms with Gasteiger partial charge in [0.25, 0.3) is 0 Å². The molecule has 1 aliphatic rings. The van der Waals surface area contributed by atoms with Crippen molar-refractivity contribution < 1.29 is 14.0 Å². The highest BCUT2D eigenvalue weighted by molar-refractivity contribution is 5.74. The minimum Gasteiger partial charge on any atom is -0.486 e. The number of hydrogen-bond donors (Lipinski definition) is 1. The van der Waals surface area contributed by atoms with Gasteiger partial charge in [-0.15, -0.1) is 0 Å². The molecule has 100 valence electrons. The maximum absolute atomic E-state index is 5.71. The molecular weight excluding hydrogens is 246 g/mol. The fraction of sp³-hybridized carbons (Fsp3) is 0.385. The Kier molecular flexibility index (Phi) is 2.87. The average Bonchev–Trinajstić information content (AvgIpc) is 2.89. The Labute approximate surface area is 110 Å². The molecule has 0 unspecified atom stereocenters. The number of rotatable bonds is 2. The summed E-state index contributed by atoms with van der Waals surface area (Å²) in [6.07, 6.45) is 0. The second-order valence-corrected chi connectivity index (χ2v) is 4.43. The first-order chi connectivity index (χ1) is 9.20. The summed E-state index contributed by atoms with van der Waals surface area (Å²) in [5.41, 5.74) is 8.46. The summed E-state index contributed by atoms with van der Waals surface area (Å²) < 4.78 is 16.4. The summed E-state index contributed by atoms with van der Waals surface area (Å²) in [7, 11) is 0. The van der Waals surface area contributed by atoms with Gasteiger partial charge >= 0.3 is 0 Å². The molecule has 0 radical (unpaired) electrons. The number of aromatic nitrogens is 2. The van der Waals surface area contributed by atoms with Crippen molar-refractivity contribution in [2.45, 2.75) is 20.4 Å². The van der Waals surface area contributed by atoms with E-state index in [2.05, 4.69) is 10.1 Å². The molecule has 6 heteroatoms. The van der Waals surface area contributed by atoms with Crippen molar-refractivity contribution in [1.82, 2.24) is 10.1 Å². The van der Waals surface area contributed by atoms with Gasteiger partial charge in [-0.25, -0.2) is 0 Å². The Balaban J connectivity index is 2.20. The molecule has 3 rings (SSSR count). The second-order valence-electron chi connectivity index (χ2n) is 4.43. The van der Waals surface area contributed by atoms with Gasteiger partial charge in [-0.1, -0.05) is 5.16 Å². The molecule has 0 aliphatic carbocycles. The monoisotopic (exact) mass is 261 g/mol. The van der Waals surface area contributed by atoms with E-state index in [-0.39, 0.29) is 6.54 Å². The number of benzene rings is 1. The minimum absolute atomic E-state index is 0.220. The lowest BCUT2D eigenvalue weighted by Crippen LogP contribution is -2.17. The Bertz CT molecular complexity index is 622. The van der Waals surface area contributed by atoms with Crippen molar-refractivity contribution in [1.29, 1.82) is 0 Å². The van der Waals surface area contributed by atoms with E-state index in [9.17, 15) is 0 Å². The molecule has 2 heterocycles. The smallest absolute Gasteiger partial charge is 0.240 e. The minimum atomic E-state index is 0.220. The molecule has 6 nitrogen and oxygen atoms in total. The molecule has 1 aromatic carbocycles. The lowest BCUT2D eigenvalue weighted by molar-refractivity contribution is 0.172. The van der Waals surface area contributed by atoms with E-state index in [1.165, 1.54) is 0 Å². The summed E-state index contributed by atoms with van der Waals surface area (Å²) in [5, 5.41) is 3.97. The van der Waals surface area contributed by atoms with Gasteiger partial charge in [0.2, 0.25) is 11.7 Å². The summed E-state index contributed by atoms with van der Waals surface area (Å²) in [4.78, 5) is 4.27. The van der Waals surface area contributed by atoms with E-state index < -0.39 is 0 Å². The predicted octanol–water partition coefficient (Wildman–Crippen LogP) is 1.58. The highest BCUT2D eigenvalue weighted by atomic mass is 16.6. The van der Waals surface area contributed by atoms with Crippen LogP contribution in [0.25, 0.3) is 11.4 Å². The van der Waals surface area contributed by atoms with E-state index in [1.807, 2.05) is 19.9 Å². The summed E-state index contributed by atoms with van der Waals surface area (Å²) >= 11 is 0. The number of aryl methyl sites for hydroxylation is 1. The standard InChI is InChI=1S/C13H15N3O3/c1-7-5-9-12(18-4-3-17-9)11(8(7)2)13-15-10(6-14)19-16-13/h5H,3-4,6,14H2,1-2H3. The van der Waals surface area contributed by atoms with Gasteiger partial charge in [0.05, 0.1) is 12.1 Å². The third-order valence-electron chi connectivity index (χ3n) is 3.22. The molecule has 0 amide bonds. The summed E-state index contributed by atoms with van der Waals surface area (Å²) in [6.45, 7) is 5.30. The fourth-order valence-electron chi connectivity index (χ4n) is 2.12. The largest absolute Gasteiger partial charge is 0.486 e. The molecule has 0 saturated carbocycles. The van der Waals surface area contributed by atoms with Crippen LogP contribution in [0, 0.1) is 13.8 Å². The zero-order chi connectivity index (χ0) is 13.4. The van der Waals surface area contributed by atoms with Crippen LogP contribution in [0.1, 0.15) is 17.0 Å². The number of fused-ring (bicyclic) bond motifs is 1. The molecule has 19 heavy (non-hydrogen) atoms. The highest BCUT2D eigenvalue weighted by Gasteiger charge is 2.24. The quantitative estimate of drug-likeness (QED) is 0.883. The first-order valence-corrected chi connectivity index (χ1v) is 6.13. The molecule has 1 aliphatic heterocycles. The number of nitrogens with two attached hydrogens (primary N) is 1. The molecule has 2 N–H and O–H groups in total. The van der Waals surface area contributed by atoms with Gasteiger partial charge < -0.3 is 19.7 Å². The SMILES string of the molecule is Cc1cc2c(c(-c3noc(CN)n3)c1C)OCCO2. The van der Waals surface area contributed by atoms with Crippen LogP contribution in [0.15, 0.2) is 10.6 Å². The van der Waals surface area contributed by atoms with Crippen LogP contribution in [-0.2, 0) is 6.54 Å². The zero-order valence-electron chi connectivity index (χ0n) is 10.9. The van der Waals surface area contributed by atoms with E-state index in [1.54, 1.807) is 0 Å². The van der Waals surface area contributed by atoms with E-state index >= 15 is 0 Å². The Morgan fingerprint density at radius 1 is 1.26 bits per heavy atom. The van der Waals surface area contributed by atoms with Crippen molar-refractivity contribution in [3.8, 4) is 22.9 Å².